The third kappa shape index (κ3) is 3.35. The van der Waals surface area contributed by atoms with Crippen molar-refractivity contribution in [1.82, 2.24) is 14.8 Å². The molecule has 2 amide bonds. The van der Waals surface area contributed by atoms with Crippen LogP contribution in [0.3, 0.4) is 0 Å². The predicted molar refractivity (Wildman–Crippen MR) is 92.4 cm³/mol. The van der Waals surface area contributed by atoms with Gasteiger partial charge in [0.2, 0.25) is 5.91 Å². The molecule has 5 nitrogen and oxygen atoms in total. The van der Waals surface area contributed by atoms with Crippen LogP contribution in [0.25, 0.3) is 0 Å². The van der Waals surface area contributed by atoms with Crippen LogP contribution in [0.1, 0.15) is 29.9 Å². The maximum Gasteiger partial charge on any atom is 0.271 e. The van der Waals surface area contributed by atoms with Crippen LogP contribution in [0.5, 0.6) is 0 Å². The molecule has 2 aromatic rings. The number of aromatic nitrogens is 1. The maximum absolute atomic E-state index is 12.9. The first kappa shape index (κ1) is 16.3. The van der Waals surface area contributed by atoms with Gasteiger partial charge in [0.05, 0.1) is 6.54 Å². The Morgan fingerprint density at radius 1 is 1.21 bits per heavy atom. The van der Waals surface area contributed by atoms with E-state index >= 15 is 0 Å². The van der Waals surface area contributed by atoms with E-state index < -0.39 is 6.04 Å². The zero-order chi connectivity index (χ0) is 17.1. The van der Waals surface area contributed by atoms with Gasteiger partial charge in [-0.1, -0.05) is 44.2 Å². The number of benzene rings is 1. The molecule has 1 atom stereocenters. The molecule has 0 radical (unpaired) electrons. The Labute approximate surface area is 142 Å². The fourth-order valence-electron chi connectivity index (χ4n) is 2.95. The van der Waals surface area contributed by atoms with Crippen molar-refractivity contribution in [1.29, 1.82) is 0 Å². The zero-order valence-electron chi connectivity index (χ0n) is 14.1. The fraction of sp³-hybridized carbons (Fsp3) is 0.368. The molecule has 0 spiro atoms. The highest BCUT2D eigenvalue weighted by molar-refractivity contribution is 5.97. The Morgan fingerprint density at radius 2 is 1.96 bits per heavy atom. The van der Waals surface area contributed by atoms with Gasteiger partial charge in [0.25, 0.3) is 5.91 Å². The Balaban J connectivity index is 1.85. The fourth-order valence-corrected chi connectivity index (χ4v) is 2.95. The van der Waals surface area contributed by atoms with Gasteiger partial charge in [-0.05, 0) is 23.6 Å². The van der Waals surface area contributed by atoms with E-state index in [4.69, 9.17) is 0 Å². The lowest BCUT2D eigenvalue weighted by Crippen LogP contribution is -2.55. The SMILES string of the molecule is CC(C)CNC(=O)C1Cn2cccc2C(=O)N1Cc1ccccc1. The molecule has 1 aliphatic heterocycles. The third-order valence-corrected chi connectivity index (χ3v) is 4.24. The lowest BCUT2D eigenvalue weighted by atomic mass is 10.1. The molecule has 1 aromatic heterocycles. The van der Waals surface area contributed by atoms with Gasteiger partial charge in [0.1, 0.15) is 11.7 Å². The topological polar surface area (TPSA) is 54.3 Å². The summed E-state index contributed by atoms with van der Waals surface area (Å²) in [5, 5.41) is 2.96. The van der Waals surface area contributed by atoms with Crippen molar-refractivity contribution in [3.63, 3.8) is 0 Å². The molecule has 0 saturated carbocycles. The number of fused-ring (bicyclic) bond motifs is 1. The third-order valence-electron chi connectivity index (χ3n) is 4.24. The second-order valence-electron chi connectivity index (χ2n) is 6.62. The highest BCUT2D eigenvalue weighted by atomic mass is 16.2. The Kier molecular flexibility index (Phi) is 4.69. The molecule has 1 unspecified atom stereocenters. The molecular weight excluding hydrogens is 302 g/mol. The van der Waals surface area contributed by atoms with Crippen LogP contribution in [0.15, 0.2) is 48.7 Å². The number of amides is 2. The summed E-state index contributed by atoms with van der Waals surface area (Å²) in [7, 11) is 0. The lowest BCUT2D eigenvalue weighted by Gasteiger charge is -2.36. The summed E-state index contributed by atoms with van der Waals surface area (Å²) in [5.74, 6) is 0.185. The average Bonchev–Trinajstić information content (AvgIpc) is 3.05. The molecule has 2 heterocycles. The monoisotopic (exact) mass is 325 g/mol. The van der Waals surface area contributed by atoms with E-state index in [9.17, 15) is 9.59 Å². The summed E-state index contributed by atoms with van der Waals surface area (Å²) < 4.78 is 1.86. The molecule has 24 heavy (non-hydrogen) atoms. The van der Waals surface area contributed by atoms with Crippen molar-refractivity contribution in [3.05, 3.63) is 59.9 Å². The number of carbonyl (C=O) groups is 2. The van der Waals surface area contributed by atoms with Crippen molar-refractivity contribution in [2.45, 2.75) is 33.0 Å². The number of hydrogen-bond donors (Lipinski definition) is 1. The number of nitrogens with one attached hydrogen (secondary N) is 1. The molecule has 0 bridgehead atoms. The van der Waals surface area contributed by atoms with Gasteiger partial charge >= 0.3 is 0 Å². The molecule has 126 valence electrons. The standard InChI is InChI=1S/C19H23N3O2/c1-14(2)11-20-18(23)17-13-21-10-6-9-16(21)19(24)22(17)12-15-7-4-3-5-8-15/h3-10,14,17H,11-13H2,1-2H3,(H,20,23). The molecule has 3 rings (SSSR count). The van der Waals surface area contributed by atoms with Gasteiger partial charge in [0.15, 0.2) is 0 Å². The second kappa shape index (κ2) is 6.91. The quantitative estimate of drug-likeness (QED) is 0.917. The zero-order valence-corrected chi connectivity index (χ0v) is 14.1. The van der Waals surface area contributed by atoms with E-state index in [1.54, 1.807) is 4.90 Å². The normalized spacial score (nSPS) is 17.0. The van der Waals surface area contributed by atoms with Crippen LogP contribution in [0.2, 0.25) is 0 Å². The van der Waals surface area contributed by atoms with E-state index in [-0.39, 0.29) is 11.8 Å². The summed E-state index contributed by atoms with van der Waals surface area (Å²) in [6.45, 7) is 5.65. The summed E-state index contributed by atoms with van der Waals surface area (Å²) in [6.07, 6.45) is 1.86. The van der Waals surface area contributed by atoms with E-state index in [1.165, 1.54) is 0 Å². The molecule has 0 aliphatic carbocycles. The summed E-state index contributed by atoms with van der Waals surface area (Å²) in [6, 6.07) is 13.0. The molecule has 1 N–H and O–H groups in total. The van der Waals surface area contributed by atoms with Gasteiger partial charge in [-0.3, -0.25) is 9.59 Å². The second-order valence-corrected chi connectivity index (χ2v) is 6.62. The maximum atomic E-state index is 12.9. The van der Waals surface area contributed by atoms with Crippen LogP contribution in [0.4, 0.5) is 0 Å². The van der Waals surface area contributed by atoms with E-state index in [1.807, 2.05) is 53.2 Å². The van der Waals surface area contributed by atoms with Gasteiger partial charge < -0.3 is 14.8 Å². The predicted octanol–water partition coefficient (Wildman–Crippen LogP) is 2.28. The highest BCUT2D eigenvalue weighted by Gasteiger charge is 2.36. The number of rotatable bonds is 5. The van der Waals surface area contributed by atoms with E-state index in [0.29, 0.717) is 31.2 Å². The van der Waals surface area contributed by atoms with Crippen LogP contribution >= 0.6 is 0 Å². The molecule has 5 heteroatoms. The van der Waals surface area contributed by atoms with Crippen molar-refractivity contribution in [2.24, 2.45) is 5.92 Å². The molecule has 1 aromatic carbocycles. The molecular formula is C19H23N3O2. The minimum atomic E-state index is -0.489. The van der Waals surface area contributed by atoms with Crippen LogP contribution < -0.4 is 5.32 Å². The minimum Gasteiger partial charge on any atom is -0.354 e. The van der Waals surface area contributed by atoms with Crippen molar-refractivity contribution in [3.8, 4) is 0 Å². The molecule has 0 saturated heterocycles. The molecule has 1 aliphatic rings. The first-order valence-corrected chi connectivity index (χ1v) is 8.34. The van der Waals surface area contributed by atoms with Crippen LogP contribution in [-0.4, -0.2) is 33.9 Å². The minimum absolute atomic E-state index is 0.0904. The van der Waals surface area contributed by atoms with Crippen molar-refractivity contribution < 1.29 is 9.59 Å². The lowest BCUT2D eigenvalue weighted by molar-refractivity contribution is -0.126. The Morgan fingerprint density at radius 3 is 2.67 bits per heavy atom. The van der Waals surface area contributed by atoms with E-state index in [0.717, 1.165) is 5.56 Å². The van der Waals surface area contributed by atoms with Crippen molar-refractivity contribution in [2.75, 3.05) is 6.54 Å². The summed E-state index contributed by atoms with van der Waals surface area (Å²) in [5.41, 5.74) is 1.66. The van der Waals surface area contributed by atoms with E-state index in [2.05, 4.69) is 19.2 Å². The Hall–Kier alpha value is -2.56. The Bertz CT molecular complexity index is 721. The number of nitrogens with zero attached hydrogens (tertiary/aromatic N) is 2. The first-order valence-electron chi connectivity index (χ1n) is 8.34. The van der Waals surface area contributed by atoms with Gasteiger partial charge in [0, 0.05) is 19.3 Å². The van der Waals surface area contributed by atoms with Gasteiger partial charge in [-0.15, -0.1) is 0 Å². The summed E-state index contributed by atoms with van der Waals surface area (Å²) in [4.78, 5) is 27.2. The van der Waals surface area contributed by atoms with Gasteiger partial charge in [-0.25, -0.2) is 0 Å². The highest BCUT2D eigenvalue weighted by Crippen LogP contribution is 2.21. The van der Waals surface area contributed by atoms with Gasteiger partial charge in [-0.2, -0.15) is 0 Å². The largest absolute Gasteiger partial charge is 0.354 e. The number of carbonyl (C=O) groups excluding carboxylic acids is 2. The smallest absolute Gasteiger partial charge is 0.271 e. The van der Waals surface area contributed by atoms with Crippen LogP contribution in [-0.2, 0) is 17.9 Å². The summed E-state index contributed by atoms with van der Waals surface area (Å²) >= 11 is 0. The average molecular weight is 325 g/mol. The van der Waals surface area contributed by atoms with Crippen LogP contribution in [0, 0.1) is 5.92 Å². The first-order chi connectivity index (χ1) is 11.6. The molecule has 0 fully saturated rings. The van der Waals surface area contributed by atoms with Crippen molar-refractivity contribution >= 4 is 11.8 Å². The number of hydrogen-bond acceptors (Lipinski definition) is 2.